The van der Waals surface area contributed by atoms with Crippen LogP contribution in [0, 0.1) is 0 Å². The maximum atomic E-state index is 10.1. The van der Waals surface area contributed by atoms with Gasteiger partial charge in [-0.25, -0.2) is 10.4 Å². The van der Waals surface area contributed by atoms with Crippen LogP contribution in [0.25, 0.3) is 11.1 Å². The van der Waals surface area contributed by atoms with Crippen molar-refractivity contribution in [3.8, 4) is 22.8 Å². The Balaban J connectivity index is 1.71. The number of hydrogen-bond donors (Lipinski definition) is 3. The highest BCUT2D eigenvalue weighted by molar-refractivity contribution is 5.65. The number of aromatic nitrogens is 1. The first-order chi connectivity index (χ1) is 11.8. The standard InChI is InChI=1S/C19H19N3O2/c1-24-19-10-8-15(12-20-19)14-7-9-18(23)16(11-14)13-21-22-17-5-3-2-4-6-17/h2-12,21-23H,13H2,1H3. The molecular formula is C19H19N3O2. The molecule has 5 heteroatoms. The lowest BCUT2D eigenvalue weighted by Crippen LogP contribution is -2.20. The number of para-hydroxylation sites is 1. The number of phenolic OH excluding ortho intramolecular Hbond substituents is 1. The van der Waals surface area contributed by atoms with Crippen molar-refractivity contribution in [1.29, 1.82) is 0 Å². The van der Waals surface area contributed by atoms with Crippen molar-refractivity contribution in [2.75, 3.05) is 12.5 Å². The Morgan fingerprint density at radius 1 is 1.00 bits per heavy atom. The lowest BCUT2D eigenvalue weighted by atomic mass is 10.0. The molecule has 0 unspecified atom stereocenters. The van der Waals surface area contributed by atoms with Crippen LogP contribution < -0.4 is 15.6 Å². The summed E-state index contributed by atoms with van der Waals surface area (Å²) in [5, 5.41) is 10.1. The van der Waals surface area contributed by atoms with Crippen LogP contribution in [0.15, 0.2) is 66.9 Å². The van der Waals surface area contributed by atoms with E-state index in [0.717, 1.165) is 22.4 Å². The summed E-state index contributed by atoms with van der Waals surface area (Å²) >= 11 is 0. The van der Waals surface area contributed by atoms with Crippen molar-refractivity contribution < 1.29 is 9.84 Å². The monoisotopic (exact) mass is 321 g/mol. The number of phenols is 1. The molecule has 0 fully saturated rings. The topological polar surface area (TPSA) is 66.4 Å². The SMILES string of the molecule is COc1ccc(-c2ccc(O)c(CNNc3ccccc3)c2)cn1. The third kappa shape index (κ3) is 3.83. The highest BCUT2D eigenvalue weighted by atomic mass is 16.5. The third-order valence-corrected chi connectivity index (χ3v) is 3.64. The van der Waals surface area contributed by atoms with Gasteiger partial charge in [0.05, 0.1) is 7.11 Å². The zero-order chi connectivity index (χ0) is 16.8. The Labute approximate surface area is 140 Å². The Morgan fingerprint density at radius 2 is 1.79 bits per heavy atom. The van der Waals surface area contributed by atoms with Crippen molar-refractivity contribution in [2.24, 2.45) is 0 Å². The minimum Gasteiger partial charge on any atom is -0.508 e. The average Bonchev–Trinajstić information content (AvgIpc) is 2.64. The van der Waals surface area contributed by atoms with E-state index in [1.165, 1.54) is 0 Å². The van der Waals surface area contributed by atoms with E-state index in [0.29, 0.717) is 12.4 Å². The first-order valence-corrected chi connectivity index (χ1v) is 7.62. The van der Waals surface area contributed by atoms with Crippen LogP contribution in [0.5, 0.6) is 11.6 Å². The molecule has 0 aliphatic rings. The Morgan fingerprint density at radius 3 is 2.50 bits per heavy atom. The van der Waals surface area contributed by atoms with Gasteiger partial charge >= 0.3 is 0 Å². The molecule has 0 saturated heterocycles. The summed E-state index contributed by atoms with van der Waals surface area (Å²) in [6.45, 7) is 0.484. The van der Waals surface area contributed by atoms with Crippen LogP contribution in [0.2, 0.25) is 0 Å². The van der Waals surface area contributed by atoms with E-state index in [4.69, 9.17) is 4.74 Å². The maximum Gasteiger partial charge on any atom is 0.212 e. The van der Waals surface area contributed by atoms with Gasteiger partial charge in [0.25, 0.3) is 0 Å². The molecule has 0 bridgehead atoms. The van der Waals surface area contributed by atoms with E-state index >= 15 is 0 Å². The number of hydrogen-bond acceptors (Lipinski definition) is 5. The van der Waals surface area contributed by atoms with Crippen molar-refractivity contribution in [3.05, 3.63) is 72.4 Å². The lowest BCUT2D eigenvalue weighted by Gasteiger charge is -2.11. The summed E-state index contributed by atoms with van der Waals surface area (Å²) in [5.41, 5.74) is 9.93. The predicted molar refractivity (Wildman–Crippen MR) is 94.8 cm³/mol. The van der Waals surface area contributed by atoms with E-state index in [1.807, 2.05) is 54.6 Å². The van der Waals surface area contributed by atoms with Crippen LogP contribution in [0.3, 0.4) is 0 Å². The van der Waals surface area contributed by atoms with Crippen molar-refractivity contribution in [1.82, 2.24) is 10.4 Å². The second-order valence-electron chi connectivity index (χ2n) is 5.28. The zero-order valence-electron chi connectivity index (χ0n) is 13.4. The van der Waals surface area contributed by atoms with Gasteiger partial charge in [-0.1, -0.05) is 24.3 Å². The number of hydrazine groups is 1. The number of benzene rings is 2. The molecule has 0 amide bonds. The molecule has 5 nitrogen and oxygen atoms in total. The van der Waals surface area contributed by atoms with E-state index in [1.54, 1.807) is 19.4 Å². The molecule has 0 radical (unpaired) electrons. The third-order valence-electron chi connectivity index (χ3n) is 3.64. The van der Waals surface area contributed by atoms with Gasteiger partial charge in [0.15, 0.2) is 0 Å². The van der Waals surface area contributed by atoms with Gasteiger partial charge < -0.3 is 15.3 Å². The molecule has 24 heavy (non-hydrogen) atoms. The smallest absolute Gasteiger partial charge is 0.212 e. The number of methoxy groups -OCH3 is 1. The number of ether oxygens (including phenoxy) is 1. The molecule has 122 valence electrons. The first-order valence-electron chi connectivity index (χ1n) is 7.62. The van der Waals surface area contributed by atoms with Crippen LogP contribution in [0.1, 0.15) is 5.56 Å². The number of rotatable bonds is 6. The van der Waals surface area contributed by atoms with Crippen LogP contribution in [-0.2, 0) is 6.54 Å². The van der Waals surface area contributed by atoms with Crippen molar-refractivity contribution >= 4 is 5.69 Å². The Kier molecular flexibility index (Phi) is 4.93. The number of pyridine rings is 1. The first kappa shape index (κ1) is 15.8. The number of anilines is 1. The summed E-state index contributed by atoms with van der Waals surface area (Å²) in [5.74, 6) is 0.828. The summed E-state index contributed by atoms with van der Waals surface area (Å²) in [6.07, 6.45) is 1.75. The summed E-state index contributed by atoms with van der Waals surface area (Å²) in [4.78, 5) is 4.21. The van der Waals surface area contributed by atoms with Gasteiger partial charge in [-0.05, 0) is 35.9 Å². The van der Waals surface area contributed by atoms with Gasteiger partial charge in [0.2, 0.25) is 5.88 Å². The quantitative estimate of drug-likeness (QED) is 0.606. The number of aromatic hydroxyl groups is 1. The molecule has 3 aromatic rings. The van der Waals surface area contributed by atoms with E-state index in [-0.39, 0.29) is 5.75 Å². The predicted octanol–water partition coefficient (Wildman–Crippen LogP) is 3.58. The molecule has 3 rings (SSSR count). The minimum absolute atomic E-state index is 0.252. The lowest BCUT2D eigenvalue weighted by molar-refractivity contribution is 0.398. The molecular weight excluding hydrogens is 302 g/mol. The van der Waals surface area contributed by atoms with Crippen LogP contribution in [-0.4, -0.2) is 17.2 Å². The van der Waals surface area contributed by atoms with Gasteiger partial charge in [-0.3, -0.25) is 0 Å². The molecule has 1 aromatic heterocycles. The fourth-order valence-corrected chi connectivity index (χ4v) is 2.34. The van der Waals surface area contributed by atoms with Gasteiger partial charge in [-0.15, -0.1) is 0 Å². The van der Waals surface area contributed by atoms with Gasteiger partial charge in [0.1, 0.15) is 5.75 Å². The number of nitrogens with zero attached hydrogens (tertiary/aromatic N) is 1. The van der Waals surface area contributed by atoms with Gasteiger partial charge in [0, 0.05) is 35.6 Å². The van der Waals surface area contributed by atoms with Crippen LogP contribution >= 0.6 is 0 Å². The summed E-state index contributed by atoms with van der Waals surface area (Å²) in [6, 6.07) is 19.1. The normalized spacial score (nSPS) is 10.4. The van der Waals surface area contributed by atoms with Crippen molar-refractivity contribution in [3.63, 3.8) is 0 Å². The number of nitrogens with one attached hydrogen (secondary N) is 2. The zero-order valence-corrected chi connectivity index (χ0v) is 13.4. The molecule has 0 atom stereocenters. The van der Waals surface area contributed by atoms with Crippen LogP contribution in [0.4, 0.5) is 5.69 Å². The Hall–Kier alpha value is -3.05. The molecule has 0 aliphatic carbocycles. The largest absolute Gasteiger partial charge is 0.508 e. The molecule has 1 heterocycles. The maximum absolute atomic E-state index is 10.1. The highest BCUT2D eigenvalue weighted by Crippen LogP contribution is 2.26. The molecule has 2 aromatic carbocycles. The summed E-state index contributed by atoms with van der Waals surface area (Å²) < 4.78 is 5.07. The summed E-state index contributed by atoms with van der Waals surface area (Å²) in [7, 11) is 1.59. The molecule has 3 N–H and O–H groups in total. The Bertz CT molecular complexity index is 789. The molecule has 0 aliphatic heterocycles. The fourth-order valence-electron chi connectivity index (χ4n) is 2.34. The fraction of sp³-hybridized carbons (Fsp3) is 0.105. The van der Waals surface area contributed by atoms with E-state index in [9.17, 15) is 5.11 Å². The average molecular weight is 321 g/mol. The van der Waals surface area contributed by atoms with Crippen molar-refractivity contribution in [2.45, 2.75) is 6.54 Å². The molecule has 0 saturated carbocycles. The van der Waals surface area contributed by atoms with E-state index < -0.39 is 0 Å². The minimum atomic E-state index is 0.252. The highest BCUT2D eigenvalue weighted by Gasteiger charge is 2.05. The molecule has 0 spiro atoms. The second kappa shape index (κ2) is 7.48. The van der Waals surface area contributed by atoms with Gasteiger partial charge in [-0.2, -0.15) is 0 Å². The van der Waals surface area contributed by atoms with E-state index in [2.05, 4.69) is 15.8 Å². The second-order valence-corrected chi connectivity index (χ2v) is 5.28.